The van der Waals surface area contributed by atoms with Crippen LogP contribution >= 0.6 is 0 Å². The first kappa shape index (κ1) is 25.6. The number of hydrogen-bond acceptors (Lipinski definition) is 8. The molecule has 32 heavy (non-hydrogen) atoms. The fraction of sp³-hybridized carbons (Fsp3) is 0.421. The van der Waals surface area contributed by atoms with Crippen LogP contribution in [0.1, 0.15) is 11.4 Å². The Kier molecular flexibility index (Phi) is 8.29. The molecule has 0 aliphatic carbocycles. The number of nitrogens with one attached hydrogen (secondary N) is 1. The van der Waals surface area contributed by atoms with Gasteiger partial charge in [0.05, 0.1) is 42.2 Å². The summed E-state index contributed by atoms with van der Waals surface area (Å²) in [7, 11) is -1.93. The molecule has 0 fully saturated rings. The van der Waals surface area contributed by atoms with E-state index >= 15 is 0 Å². The van der Waals surface area contributed by atoms with Crippen LogP contribution in [0.3, 0.4) is 0 Å². The number of nitrogens with zero attached hydrogens (tertiary/aromatic N) is 4. The van der Waals surface area contributed by atoms with Crippen LogP contribution in [0.25, 0.3) is 11.0 Å². The van der Waals surface area contributed by atoms with Gasteiger partial charge < -0.3 is 20.1 Å². The van der Waals surface area contributed by atoms with E-state index in [9.17, 15) is 31.8 Å². The summed E-state index contributed by atoms with van der Waals surface area (Å²) in [5.74, 6) is 0.550. The Labute approximate surface area is 182 Å². The van der Waals surface area contributed by atoms with E-state index in [-0.39, 0.29) is 23.5 Å². The number of alkyl halides is 3. The number of allylic oxidation sites excluding steroid dienone is 1. The standard InChI is InChI=1S/C19H24F3N5O4S/c1-23-9-17-26-14-6-12(10-28)16(32(3,30)31)7-15(14)27(17)5-4-25-8-13(11-29)18(24-2)19(20,21)22/h6-8,23,28-29H,2,4-5,9-11H2,1,3H3/b18-13+,25-8?. The Morgan fingerprint density at radius 2 is 2.03 bits per heavy atom. The van der Waals surface area contributed by atoms with Gasteiger partial charge in [0.1, 0.15) is 5.82 Å². The normalized spacial score (nSPS) is 13.7. The van der Waals surface area contributed by atoms with Crippen molar-refractivity contribution in [2.75, 3.05) is 26.5 Å². The van der Waals surface area contributed by atoms with Crippen molar-refractivity contribution in [3.63, 3.8) is 0 Å². The highest BCUT2D eigenvalue weighted by atomic mass is 32.2. The largest absolute Gasteiger partial charge is 0.433 e. The maximum Gasteiger partial charge on any atom is 0.433 e. The maximum absolute atomic E-state index is 12.9. The van der Waals surface area contributed by atoms with Crippen molar-refractivity contribution in [3.8, 4) is 0 Å². The second-order valence-electron chi connectivity index (χ2n) is 6.81. The molecule has 0 aliphatic rings. The number of hydrogen-bond donors (Lipinski definition) is 3. The zero-order valence-electron chi connectivity index (χ0n) is 17.5. The van der Waals surface area contributed by atoms with E-state index in [2.05, 4.69) is 27.0 Å². The fourth-order valence-electron chi connectivity index (χ4n) is 3.14. The fourth-order valence-corrected chi connectivity index (χ4v) is 4.06. The van der Waals surface area contributed by atoms with Crippen LogP contribution in [0, 0.1) is 0 Å². The van der Waals surface area contributed by atoms with E-state index < -0.39 is 40.5 Å². The Morgan fingerprint density at radius 1 is 1.34 bits per heavy atom. The van der Waals surface area contributed by atoms with Gasteiger partial charge in [-0.3, -0.25) is 9.98 Å². The summed E-state index contributed by atoms with van der Waals surface area (Å²) in [5, 5.41) is 21.7. The van der Waals surface area contributed by atoms with Gasteiger partial charge in [-0.05, 0) is 31.5 Å². The van der Waals surface area contributed by atoms with Gasteiger partial charge in [-0.15, -0.1) is 0 Å². The van der Waals surface area contributed by atoms with E-state index in [1.807, 2.05) is 0 Å². The minimum absolute atomic E-state index is 0.0178. The molecular formula is C19H24F3N5O4S. The molecule has 0 amide bonds. The van der Waals surface area contributed by atoms with Gasteiger partial charge in [-0.1, -0.05) is 0 Å². The summed E-state index contributed by atoms with van der Waals surface area (Å²) in [6, 6.07) is 2.90. The van der Waals surface area contributed by atoms with Gasteiger partial charge in [0.15, 0.2) is 15.5 Å². The number of halogens is 3. The Balaban J connectivity index is 2.45. The molecule has 0 saturated heterocycles. The zero-order chi connectivity index (χ0) is 24.1. The van der Waals surface area contributed by atoms with E-state index in [0.717, 1.165) is 12.5 Å². The van der Waals surface area contributed by atoms with Crippen molar-refractivity contribution in [3.05, 3.63) is 34.8 Å². The second kappa shape index (κ2) is 10.3. The molecule has 9 nitrogen and oxygen atoms in total. The molecule has 1 heterocycles. The monoisotopic (exact) mass is 475 g/mol. The van der Waals surface area contributed by atoms with Crippen LogP contribution in [0.2, 0.25) is 0 Å². The summed E-state index contributed by atoms with van der Waals surface area (Å²) in [5.41, 5.74) is -0.688. The lowest BCUT2D eigenvalue weighted by molar-refractivity contribution is -0.0930. The molecule has 0 spiro atoms. The third kappa shape index (κ3) is 5.79. The van der Waals surface area contributed by atoms with Crippen molar-refractivity contribution in [2.24, 2.45) is 9.98 Å². The number of rotatable bonds is 10. The number of benzene rings is 1. The lowest BCUT2D eigenvalue weighted by Crippen LogP contribution is -2.15. The Morgan fingerprint density at radius 3 is 2.53 bits per heavy atom. The summed E-state index contributed by atoms with van der Waals surface area (Å²) in [6.45, 7) is 2.01. The predicted molar refractivity (Wildman–Crippen MR) is 115 cm³/mol. The molecule has 13 heteroatoms. The number of aliphatic imine (C=N–C) groups is 2. The van der Waals surface area contributed by atoms with Crippen LogP contribution in [-0.2, 0) is 29.5 Å². The summed E-state index contributed by atoms with van der Waals surface area (Å²) in [4.78, 5) is 11.3. The predicted octanol–water partition coefficient (Wildman–Crippen LogP) is 1.23. The maximum atomic E-state index is 12.9. The summed E-state index contributed by atoms with van der Waals surface area (Å²) in [6.07, 6.45) is -2.86. The van der Waals surface area contributed by atoms with Crippen LogP contribution in [0.4, 0.5) is 13.2 Å². The van der Waals surface area contributed by atoms with Gasteiger partial charge in [0.25, 0.3) is 0 Å². The van der Waals surface area contributed by atoms with Crippen molar-refractivity contribution in [1.29, 1.82) is 0 Å². The van der Waals surface area contributed by atoms with Crippen molar-refractivity contribution in [1.82, 2.24) is 14.9 Å². The van der Waals surface area contributed by atoms with Crippen LogP contribution in [0.15, 0.2) is 38.3 Å². The number of fused-ring (bicyclic) bond motifs is 1. The van der Waals surface area contributed by atoms with Gasteiger partial charge in [0, 0.05) is 24.6 Å². The van der Waals surface area contributed by atoms with E-state index in [0.29, 0.717) is 23.4 Å². The van der Waals surface area contributed by atoms with E-state index in [1.165, 1.54) is 12.1 Å². The van der Waals surface area contributed by atoms with Crippen LogP contribution in [-0.4, -0.2) is 73.7 Å². The first-order valence-electron chi connectivity index (χ1n) is 9.33. The van der Waals surface area contributed by atoms with Gasteiger partial charge in [0.2, 0.25) is 0 Å². The smallest absolute Gasteiger partial charge is 0.392 e. The molecule has 0 radical (unpaired) electrons. The van der Waals surface area contributed by atoms with Crippen LogP contribution < -0.4 is 5.32 Å². The number of aliphatic hydroxyl groups is 2. The van der Waals surface area contributed by atoms with Gasteiger partial charge in [-0.25, -0.2) is 13.4 Å². The molecule has 176 valence electrons. The SMILES string of the molecule is C=N/C(=C(\C=NCCn1c(CNC)nc2cc(CO)c(S(C)(=O)=O)cc21)CO)C(F)(F)F. The van der Waals surface area contributed by atoms with Gasteiger partial charge in [-0.2, -0.15) is 13.2 Å². The third-order valence-electron chi connectivity index (χ3n) is 4.52. The molecule has 1 aromatic carbocycles. The molecule has 0 saturated carbocycles. The van der Waals surface area contributed by atoms with E-state index in [4.69, 9.17) is 0 Å². The lowest BCUT2D eigenvalue weighted by Gasteiger charge is -2.11. The van der Waals surface area contributed by atoms with E-state index in [1.54, 1.807) is 11.6 Å². The number of aliphatic hydroxyl groups excluding tert-OH is 2. The van der Waals surface area contributed by atoms with Crippen LogP contribution in [0.5, 0.6) is 0 Å². The molecule has 2 rings (SSSR count). The van der Waals surface area contributed by atoms with Gasteiger partial charge >= 0.3 is 6.18 Å². The highest BCUT2D eigenvalue weighted by molar-refractivity contribution is 7.90. The molecular weight excluding hydrogens is 451 g/mol. The minimum atomic E-state index is -4.78. The van der Waals surface area contributed by atoms with Crippen molar-refractivity contribution in [2.45, 2.75) is 30.8 Å². The summed E-state index contributed by atoms with van der Waals surface area (Å²) < 4.78 is 64.8. The average molecular weight is 475 g/mol. The highest BCUT2D eigenvalue weighted by Gasteiger charge is 2.35. The molecule has 0 unspecified atom stereocenters. The molecule has 0 aliphatic heterocycles. The van der Waals surface area contributed by atoms with Crippen molar-refractivity contribution < 1.29 is 31.8 Å². The highest BCUT2D eigenvalue weighted by Crippen LogP contribution is 2.28. The number of sulfone groups is 1. The number of imidazole rings is 1. The zero-order valence-corrected chi connectivity index (χ0v) is 18.3. The Hall–Kier alpha value is -2.61. The third-order valence-corrected chi connectivity index (χ3v) is 5.69. The molecule has 3 N–H and O–H groups in total. The molecule has 2 aromatic rings. The Bertz CT molecular complexity index is 1150. The van der Waals surface area contributed by atoms with Crippen molar-refractivity contribution >= 4 is 33.8 Å². The second-order valence-corrected chi connectivity index (χ2v) is 8.80. The molecule has 0 bridgehead atoms. The molecule has 1 aromatic heterocycles. The quantitative estimate of drug-likeness (QED) is 0.444. The topological polar surface area (TPSA) is 129 Å². The molecule has 0 atom stereocenters. The lowest BCUT2D eigenvalue weighted by atomic mass is 10.2. The first-order chi connectivity index (χ1) is 15.0. The average Bonchev–Trinajstić information content (AvgIpc) is 3.04. The first-order valence-corrected chi connectivity index (χ1v) is 11.2. The minimum Gasteiger partial charge on any atom is -0.392 e. The number of aromatic nitrogens is 2. The summed E-state index contributed by atoms with van der Waals surface area (Å²) >= 11 is 0.